The highest BCUT2D eigenvalue weighted by Crippen LogP contribution is 2.29. The third-order valence-corrected chi connectivity index (χ3v) is 5.19. The largest absolute Gasteiger partial charge is 0.495 e. The summed E-state index contributed by atoms with van der Waals surface area (Å²) in [6, 6.07) is 10.9. The summed E-state index contributed by atoms with van der Waals surface area (Å²) in [5, 5.41) is 0. The molecular formula is C20H20BrFN2O3. The van der Waals surface area contributed by atoms with Crippen molar-refractivity contribution in [3.05, 3.63) is 63.9 Å². The Morgan fingerprint density at radius 2 is 1.59 bits per heavy atom. The fourth-order valence-electron chi connectivity index (χ4n) is 3.15. The van der Waals surface area contributed by atoms with E-state index in [0.717, 1.165) is 4.47 Å². The fraction of sp³-hybridized carbons (Fsp3) is 0.300. The predicted octanol–water partition coefficient (Wildman–Crippen LogP) is 3.59. The number of ether oxygens (including phenoxy) is 1. The van der Waals surface area contributed by atoms with Crippen molar-refractivity contribution in [3.63, 3.8) is 0 Å². The van der Waals surface area contributed by atoms with E-state index in [0.29, 0.717) is 49.5 Å². The molecule has 7 heteroatoms. The van der Waals surface area contributed by atoms with Gasteiger partial charge in [0.1, 0.15) is 11.6 Å². The van der Waals surface area contributed by atoms with Crippen LogP contribution < -0.4 is 4.74 Å². The minimum atomic E-state index is -0.373. The van der Waals surface area contributed by atoms with Gasteiger partial charge in [-0.25, -0.2) is 4.39 Å². The van der Waals surface area contributed by atoms with Gasteiger partial charge < -0.3 is 14.5 Å². The van der Waals surface area contributed by atoms with Crippen LogP contribution in [-0.4, -0.2) is 54.9 Å². The van der Waals surface area contributed by atoms with Gasteiger partial charge in [0.25, 0.3) is 11.8 Å². The zero-order chi connectivity index (χ0) is 19.4. The molecule has 2 aromatic carbocycles. The van der Waals surface area contributed by atoms with Gasteiger partial charge in [0.2, 0.25) is 0 Å². The van der Waals surface area contributed by atoms with Crippen LogP contribution in [0.3, 0.4) is 0 Å². The summed E-state index contributed by atoms with van der Waals surface area (Å²) < 4.78 is 19.1. The molecule has 1 aliphatic heterocycles. The van der Waals surface area contributed by atoms with E-state index < -0.39 is 0 Å². The monoisotopic (exact) mass is 434 g/mol. The Labute approximate surface area is 165 Å². The third-order valence-electron chi connectivity index (χ3n) is 4.56. The lowest BCUT2D eigenvalue weighted by molar-refractivity contribution is 0.0716. The summed E-state index contributed by atoms with van der Waals surface area (Å²) >= 11 is 3.40. The number of halogens is 2. The summed E-state index contributed by atoms with van der Waals surface area (Å²) in [5.74, 6) is -0.137. The third kappa shape index (κ3) is 4.30. The van der Waals surface area contributed by atoms with Gasteiger partial charge in [-0.15, -0.1) is 0 Å². The number of carbonyl (C=O) groups excluding carboxylic acids is 2. The van der Waals surface area contributed by atoms with Gasteiger partial charge in [0.05, 0.1) is 17.1 Å². The second-order valence-corrected chi connectivity index (χ2v) is 7.12. The normalized spacial score (nSPS) is 14.6. The van der Waals surface area contributed by atoms with E-state index in [4.69, 9.17) is 4.74 Å². The molecule has 2 amide bonds. The standard InChI is InChI=1S/C20H20BrFN2O3/c1-27-18-16(4-2-5-17(18)21)20(26)24-11-3-10-23(12-13-24)19(25)14-6-8-15(22)9-7-14/h2,4-9H,3,10-13H2,1H3. The minimum Gasteiger partial charge on any atom is -0.495 e. The first-order valence-electron chi connectivity index (χ1n) is 8.68. The molecule has 5 nitrogen and oxygen atoms in total. The average molecular weight is 435 g/mol. The zero-order valence-corrected chi connectivity index (χ0v) is 16.5. The Bertz CT molecular complexity index is 842. The molecule has 1 heterocycles. The smallest absolute Gasteiger partial charge is 0.257 e. The Balaban J connectivity index is 1.71. The Kier molecular flexibility index (Phi) is 6.11. The molecule has 1 aliphatic rings. The number of amides is 2. The van der Waals surface area contributed by atoms with Crippen molar-refractivity contribution in [1.82, 2.24) is 9.80 Å². The molecule has 0 atom stereocenters. The number of rotatable bonds is 3. The van der Waals surface area contributed by atoms with E-state index >= 15 is 0 Å². The number of para-hydroxylation sites is 1. The SMILES string of the molecule is COc1c(Br)cccc1C(=O)N1CCCN(C(=O)c2ccc(F)cc2)CC1. The maximum absolute atomic E-state index is 13.1. The van der Waals surface area contributed by atoms with E-state index in [2.05, 4.69) is 15.9 Å². The lowest BCUT2D eigenvalue weighted by Crippen LogP contribution is -2.37. The topological polar surface area (TPSA) is 49.9 Å². The molecule has 0 unspecified atom stereocenters. The Morgan fingerprint density at radius 1 is 0.963 bits per heavy atom. The second kappa shape index (κ2) is 8.52. The van der Waals surface area contributed by atoms with Crippen molar-refractivity contribution in [3.8, 4) is 5.75 Å². The van der Waals surface area contributed by atoms with Crippen LogP contribution in [0.2, 0.25) is 0 Å². The van der Waals surface area contributed by atoms with E-state index in [1.807, 2.05) is 6.07 Å². The van der Waals surface area contributed by atoms with Crippen LogP contribution in [0.1, 0.15) is 27.1 Å². The molecule has 1 saturated heterocycles. The summed E-state index contributed by atoms with van der Waals surface area (Å²) in [5.41, 5.74) is 0.940. The molecule has 27 heavy (non-hydrogen) atoms. The van der Waals surface area contributed by atoms with Crippen LogP contribution in [-0.2, 0) is 0 Å². The number of hydrogen-bond acceptors (Lipinski definition) is 3. The van der Waals surface area contributed by atoms with Gasteiger partial charge in [-0.1, -0.05) is 6.07 Å². The molecule has 0 saturated carbocycles. The van der Waals surface area contributed by atoms with E-state index in [1.165, 1.54) is 31.4 Å². The molecule has 142 valence electrons. The van der Waals surface area contributed by atoms with Crippen molar-refractivity contribution in [1.29, 1.82) is 0 Å². The van der Waals surface area contributed by atoms with Crippen molar-refractivity contribution in [2.24, 2.45) is 0 Å². The first kappa shape index (κ1) is 19.4. The number of nitrogens with zero attached hydrogens (tertiary/aromatic N) is 2. The molecule has 0 bridgehead atoms. The predicted molar refractivity (Wildman–Crippen MR) is 104 cm³/mol. The molecule has 3 rings (SSSR count). The molecule has 2 aromatic rings. The van der Waals surface area contributed by atoms with Crippen LogP contribution in [0.4, 0.5) is 4.39 Å². The number of carbonyl (C=O) groups is 2. The van der Waals surface area contributed by atoms with E-state index in [9.17, 15) is 14.0 Å². The van der Waals surface area contributed by atoms with Gasteiger partial charge in [0, 0.05) is 31.7 Å². The van der Waals surface area contributed by atoms with Crippen molar-refractivity contribution in [2.75, 3.05) is 33.3 Å². The van der Waals surface area contributed by atoms with Crippen LogP contribution >= 0.6 is 15.9 Å². The van der Waals surface area contributed by atoms with Crippen LogP contribution in [0.15, 0.2) is 46.9 Å². The van der Waals surface area contributed by atoms with Gasteiger partial charge in [-0.2, -0.15) is 0 Å². The number of benzene rings is 2. The van der Waals surface area contributed by atoms with Gasteiger partial charge >= 0.3 is 0 Å². The molecule has 0 aliphatic carbocycles. The minimum absolute atomic E-state index is 0.121. The number of hydrogen-bond donors (Lipinski definition) is 0. The van der Waals surface area contributed by atoms with Gasteiger partial charge in [0.15, 0.2) is 0 Å². The highest BCUT2D eigenvalue weighted by atomic mass is 79.9. The maximum atomic E-state index is 13.1. The summed E-state index contributed by atoms with van der Waals surface area (Å²) in [6.45, 7) is 1.97. The first-order chi connectivity index (χ1) is 13.0. The Morgan fingerprint density at radius 3 is 2.22 bits per heavy atom. The van der Waals surface area contributed by atoms with Gasteiger partial charge in [-0.3, -0.25) is 9.59 Å². The Hall–Kier alpha value is -2.41. The lowest BCUT2D eigenvalue weighted by Gasteiger charge is -2.23. The molecule has 1 fully saturated rings. The van der Waals surface area contributed by atoms with E-state index in [1.54, 1.807) is 21.9 Å². The van der Waals surface area contributed by atoms with Crippen molar-refractivity contribution >= 4 is 27.7 Å². The average Bonchev–Trinajstić information content (AvgIpc) is 2.93. The highest BCUT2D eigenvalue weighted by molar-refractivity contribution is 9.10. The highest BCUT2D eigenvalue weighted by Gasteiger charge is 2.25. The van der Waals surface area contributed by atoms with E-state index in [-0.39, 0.29) is 17.6 Å². The molecule has 0 radical (unpaired) electrons. The van der Waals surface area contributed by atoms with Gasteiger partial charge in [-0.05, 0) is 58.7 Å². The van der Waals surface area contributed by atoms with Crippen LogP contribution in [0, 0.1) is 5.82 Å². The molecule has 0 aromatic heterocycles. The van der Waals surface area contributed by atoms with Crippen molar-refractivity contribution < 1.29 is 18.7 Å². The molecular weight excluding hydrogens is 415 g/mol. The summed E-state index contributed by atoms with van der Waals surface area (Å²) in [4.78, 5) is 29.0. The quantitative estimate of drug-likeness (QED) is 0.741. The molecule has 0 spiro atoms. The summed E-state index contributed by atoms with van der Waals surface area (Å²) in [7, 11) is 1.53. The first-order valence-corrected chi connectivity index (χ1v) is 9.47. The zero-order valence-electron chi connectivity index (χ0n) is 15.0. The second-order valence-electron chi connectivity index (χ2n) is 6.27. The number of methoxy groups -OCH3 is 1. The lowest BCUT2D eigenvalue weighted by atomic mass is 10.1. The van der Waals surface area contributed by atoms with Crippen molar-refractivity contribution in [2.45, 2.75) is 6.42 Å². The maximum Gasteiger partial charge on any atom is 0.257 e. The van der Waals surface area contributed by atoms with Crippen LogP contribution in [0.25, 0.3) is 0 Å². The van der Waals surface area contributed by atoms with Crippen LogP contribution in [0.5, 0.6) is 5.75 Å². The molecule has 0 N–H and O–H groups in total. The summed E-state index contributed by atoms with van der Waals surface area (Å²) in [6.07, 6.45) is 0.676. The fourth-order valence-corrected chi connectivity index (χ4v) is 3.68.